The lowest BCUT2D eigenvalue weighted by molar-refractivity contribution is 0.120. The van der Waals surface area contributed by atoms with Crippen molar-refractivity contribution in [2.75, 3.05) is 18.5 Å². The Labute approximate surface area is 133 Å². The third kappa shape index (κ3) is 2.77. The van der Waals surface area contributed by atoms with E-state index in [0.29, 0.717) is 0 Å². The molecule has 1 atom stereocenters. The molecule has 1 N–H and O–H groups in total. The molecular weight excluding hydrogens is 295 g/mol. The topological polar surface area (TPSA) is 51.5 Å². The number of imidazole rings is 1. The normalized spacial score (nSPS) is 17.7. The van der Waals surface area contributed by atoms with Crippen molar-refractivity contribution in [1.82, 2.24) is 14.4 Å². The van der Waals surface area contributed by atoms with Crippen molar-refractivity contribution >= 4 is 11.5 Å². The molecule has 5 nitrogen and oxygen atoms in total. The van der Waals surface area contributed by atoms with Crippen molar-refractivity contribution in [1.29, 1.82) is 0 Å². The molecule has 4 rings (SSSR count). The molecular formula is C17H17FN4O. The van der Waals surface area contributed by atoms with Crippen molar-refractivity contribution in [3.63, 3.8) is 0 Å². The first-order valence-electron chi connectivity index (χ1n) is 7.75. The molecule has 1 fully saturated rings. The zero-order chi connectivity index (χ0) is 15.6. The van der Waals surface area contributed by atoms with Crippen LogP contribution >= 0.6 is 0 Å². The van der Waals surface area contributed by atoms with Gasteiger partial charge in [-0.2, -0.15) is 0 Å². The van der Waals surface area contributed by atoms with E-state index in [4.69, 9.17) is 4.74 Å². The molecule has 0 spiro atoms. The van der Waals surface area contributed by atoms with Gasteiger partial charge in [-0.15, -0.1) is 0 Å². The van der Waals surface area contributed by atoms with E-state index in [1.54, 1.807) is 24.5 Å². The summed E-state index contributed by atoms with van der Waals surface area (Å²) < 4.78 is 20.8. The highest BCUT2D eigenvalue weighted by molar-refractivity contribution is 5.76. The monoisotopic (exact) mass is 312 g/mol. The van der Waals surface area contributed by atoms with E-state index in [9.17, 15) is 4.39 Å². The zero-order valence-electron chi connectivity index (χ0n) is 12.6. The third-order valence-corrected chi connectivity index (χ3v) is 4.07. The number of rotatable bonds is 4. The molecule has 6 heteroatoms. The first kappa shape index (κ1) is 14.1. The molecule has 0 amide bonds. The molecule has 3 aromatic rings. The number of anilines is 1. The Bertz CT molecular complexity index is 809. The molecule has 3 heterocycles. The molecule has 23 heavy (non-hydrogen) atoms. The van der Waals surface area contributed by atoms with E-state index in [1.807, 2.05) is 10.6 Å². The van der Waals surface area contributed by atoms with Gasteiger partial charge in [0.2, 0.25) is 0 Å². The van der Waals surface area contributed by atoms with Gasteiger partial charge in [0.05, 0.1) is 12.3 Å². The van der Waals surface area contributed by atoms with Gasteiger partial charge in [-0.1, -0.05) is 0 Å². The predicted molar refractivity (Wildman–Crippen MR) is 85.8 cm³/mol. The minimum atomic E-state index is -0.256. The summed E-state index contributed by atoms with van der Waals surface area (Å²) >= 11 is 0. The Morgan fingerprint density at radius 1 is 1.30 bits per heavy atom. The van der Waals surface area contributed by atoms with E-state index in [1.165, 1.54) is 12.1 Å². The molecule has 0 bridgehead atoms. The summed E-state index contributed by atoms with van der Waals surface area (Å²) in [5, 5.41) is 3.45. The zero-order valence-corrected chi connectivity index (χ0v) is 12.6. The molecule has 1 unspecified atom stereocenters. The number of hydrogen-bond acceptors (Lipinski definition) is 4. The summed E-state index contributed by atoms with van der Waals surface area (Å²) in [7, 11) is 0. The molecule has 0 aliphatic carbocycles. The van der Waals surface area contributed by atoms with Gasteiger partial charge in [0, 0.05) is 31.1 Å². The second-order valence-corrected chi connectivity index (χ2v) is 5.64. The average molecular weight is 312 g/mol. The van der Waals surface area contributed by atoms with E-state index in [2.05, 4.69) is 15.3 Å². The largest absolute Gasteiger partial charge is 0.376 e. The van der Waals surface area contributed by atoms with Crippen molar-refractivity contribution in [2.24, 2.45) is 0 Å². The van der Waals surface area contributed by atoms with Crippen LogP contribution in [-0.4, -0.2) is 33.6 Å². The number of ether oxygens (including phenoxy) is 1. The number of hydrogen-bond donors (Lipinski definition) is 1. The molecule has 1 aliphatic heterocycles. The van der Waals surface area contributed by atoms with Crippen molar-refractivity contribution in [3.8, 4) is 11.3 Å². The maximum absolute atomic E-state index is 13.2. The van der Waals surface area contributed by atoms with E-state index in [0.717, 1.165) is 48.7 Å². The molecule has 0 radical (unpaired) electrons. The molecule has 1 saturated heterocycles. The lowest BCUT2D eigenvalue weighted by Gasteiger charge is -2.13. The lowest BCUT2D eigenvalue weighted by atomic mass is 10.1. The van der Waals surface area contributed by atoms with Gasteiger partial charge in [0.25, 0.3) is 0 Å². The highest BCUT2D eigenvalue weighted by atomic mass is 19.1. The van der Waals surface area contributed by atoms with Crippen molar-refractivity contribution < 1.29 is 9.13 Å². The highest BCUT2D eigenvalue weighted by Crippen LogP contribution is 2.29. The second-order valence-electron chi connectivity index (χ2n) is 5.64. The van der Waals surface area contributed by atoms with E-state index >= 15 is 0 Å². The fourth-order valence-electron chi connectivity index (χ4n) is 2.90. The third-order valence-electron chi connectivity index (χ3n) is 4.07. The van der Waals surface area contributed by atoms with E-state index < -0.39 is 0 Å². The van der Waals surface area contributed by atoms with Crippen LogP contribution in [-0.2, 0) is 4.74 Å². The van der Waals surface area contributed by atoms with Crippen LogP contribution in [0.1, 0.15) is 12.8 Å². The summed E-state index contributed by atoms with van der Waals surface area (Å²) in [6.45, 7) is 1.55. The Morgan fingerprint density at radius 2 is 2.17 bits per heavy atom. The van der Waals surface area contributed by atoms with Gasteiger partial charge >= 0.3 is 0 Å². The lowest BCUT2D eigenvalue weighted by Crippen LogP contribution is -2.19. The minimum absolute atomic E-state index is 0.225. The van der Waals surface area contributed by atoms with Crippen LogP contribution in [0.15, 0.2) is 42.9 Å². The molecule has 1 aromatic carbocycles. The molecule has 1 aliphatic rings. The Morgan fingerprint density at radius 3 is 2.96 bits per heavy atom. The van der Waals surface area contributed by atoms with Gasteiger partial charge in [-0.25, -0.2) is 9.37 Å². The number of fused-ring (bicyclic) bond motifs is 1. The summed E-state index contributed by atoms with van der Waals surface area (Å²) in [5.41, 5.74) is 2.41. The average Bonchev–Trinajstić information content (AvgIpc) is 3.21. The van der Waals surface area contributed by atoms with Crippen LogP contribution in [0.5, 0.6) is 0 Å². The van der Waals surface area contributed by atoms with Gasteiger partial charge in [-0.05, 0) is 37.1 Å². The van der Waals surface area contributed by atoms with Crippen LogP contribution in [0, 0.1) is 5.82 Å². The van der Waals surface area contributed by atoms with E-state index in [-0.39, 0.29) is 11.9 Å². The number of halogens is 1. The van der Waals surface area contributed by atoms with Gasteiger partial charge in [0.15, 0.2) is 5.65 Å². The number of aromatic nitrogens is 3. The summed E-state index contributed by atoms with van der Waals surface area (Å²) in [6, 6.07) is 6.37. The first-order valence-corrected chi connectivity index (χ1v) is 7.75. The Kier molecular flexibility index (Phi) is 3.67. The maximum Gasteiger partial charge on any atom is 0.157 e. The summed E-state index contributed by atoms with van der Waals surface area (Å²) in [5.74, 6) is 0.623. The Hall–Kier alpha value is -2.47. The highest BCUT2D eigenvalue weighted by Gasteiger charge is 2.18. The molecule has 0 saturated carbocycles. The quantitative estimate of drug-likeness (QED) is 0.804. The van der Waals surface area contributed by atoms with Crippen LogP contribution in [0.2, 0.25) is 0 Å². The number of benzene rings is 1. The number of nitrogens with one attached hydrogen (secondary N) is 1. The summed E-state index contributed by atoms with van der Waals surface area (Å²) in [6.07, 6.45) is 7.70. The SMILES string of the molecule is Fc1ccc(-c2nc3cnccn3c2NCC2CCCO2)cc1. The maximum atomic E-state index is 13.2. The minimum Gasteiger partial charge on any atom is -0.376 e. The van der Waals surface area contributed by atoms with Gasteiger partial charge < -0.3 is 10.1 Å². The fraction of sp³-hybridized carbons (Fsp3) is 0.294. The van der Waals surface area contributed by atoms with Crippen LogP contribution < -0.4 is 5.32 Å². The first-order chi connectivity index (χ1) is 11.3. The van der Waals surface area contributed by atoms with Gasteiger partial charge in [-0.3, -0.25) is 9.38 Å². The smallest absolute Gasteiger partial charge is 0.157 e. The predicted octanol–water partition coefficient (Wildman–Crippen LogP) is 3.13. The molecule has 118 valence electrons. The Balaban J connectivity index is 1.72. The molecule has 2 aromatic heterocycles. The van der Waals surface area contributed by atoms with Crippen LogP contribution in [0.25, 0.3) is 16.9 Å². The van der Waals surface area contributed by atoms with Crippen LogP contribution in [0.3, 0.4) is 0 Å². The second kappa shape index (κ2) is 5.96. The standard InChI is InChI=1S/C17H17FN4O/c18-13-5-3-12(4-6-13)16-17(20-10-14-2-1-9-23-14)22-8-7-19-11-15(22)21-16/h3-8,11,14,20H,1-2,9-10H2. The van der Waals surface area contributed by atoms with Crippen LogP contribution in [0.4, 0.5) is 10.2 Å². The van der Waals surface area contributed by atoms with Crippen molar-refractivity contribution in [2.45, 2.75) is 18.9 Å². The fourth-order valence-corrected chi connectivity index (χ4v) is 2.90. The summed E-state index contributed by atoms with van der Waals surface area (Å²) in [4.78, 5) is 8.75. The van der Waals surface area contributed by atoms with Gasteiger partial charge in [0.1, 0.15) is 17.3 Å². The van der Waals surface area contributed by atoms with Crippen molar-refractivity contribution in [3.05, 3.63) is 48.7 Å². The number of nitrogens with zero attached hydrogens (tertiary/aromatic N) is 3.